The summed E-state index contributed by atoms with van der Waals surface area (Å²) in [6, 6.07) is 13.1. The molecule has 3 N–H and O–H groups in total. The van der Waals surface area contributed by atoms with Gasteiger partial charge in [0.25, 0.3) is 0 Å². The van der Waals surface area contributed by atoms with E-state index in [0.717, 1.165) is 21.9 Å². The molecule has 4 rings (SSSR count). The van der Waals surface area contributed by atoms with Crippen molar-refractivity contribution in [2.75, 3.05) is 11.9 Å². The number of hydrogen-bond acceptors (Lipinski definition) is 3. The van der Waals surface area contributed by atoms with Gasteiger partial charge in [-0.1, -0.05) is 18.2 Å². The minimum atomic E-state index is -0.286. The van der Waals surface area contributed by atoms with Crippen molar-refractivity contribution in [3.8, 4) is 0 Å². The molecular weight excluding hydrogens is 306 g/mol. The second-order valence-corrected chi connectivity index (χ2v) is 5.95. The normalized spacial score (nSPS) is 17.7. The summed E-state index contributed by atoms with van der Waals surface area (Å²) in [5.41, 5.74) is 2.23. The second kappa shape index (κ2) is 5.88. The lowest BCUT2D eigenvalue weighted by atomic mass is 10.1. The highest BCUT2D eigenvalue weighted by Gasteiger charge is 2.19. The first-order valence-electron chi connectivity index (χ1n) is 7.94. The summed E-state index contributed by atoms with van der Waals surface area (Å²) < 4.78 is 5.82. The highest BCUT2D eigenvalue weighted by molar-refractivity contribution is 6.06. The molecule has 2 heterocycles. The molecule has 1 saturated heterocycles. The number of benzene rings is 2. The van der Waals surface area contributed by atoms with Crippen molar-refractivity contribution in [3.63, 3.8) is 0 Å². The lowest BCUT2D eigenvalue weighted by molar-refractivity contribution is -0.122. The Morgan fingerprint density at radius 1 is 1.12 bits per heavy atom. The molecular formula is C18H17N3O3. The molecule has 0 saturated carbocycles. The Balaban J connectivity index is 1.49. The number of fused-ring (bicyclic) bond motifs is 3. The smallest absolute Gasteiger partial charge is 0.319 e. The van der Waals surface area contributed by atoms with Crippen LogP contribution in [0, 0.1) is 0 Å². The van der Waals surface area contributed by atoms with Crippen LogP contribution in [0.4, 0.5) is 10.5 Å². The minimum absolute atomic E-state index is 0.0313. The van der Waals surface area contributed by atoms with E-state index in [9.17, 15) is 9.59 Å². The standard InChI is InChI=1S/C18H17N3O3/c22-17-8-6-12(10-19-17)21-18(23)20-11-5-7-14-13-3-1-2-4-15(13)24-16(14)9-11/h1-5,7,9,12H,6,8,10H2,(H,19,22)(H2,20,21,23)/t12-/m1/s1. The number of amides is 3. The van der Waals surface area contributed by atoms with Crippen LogP contribution in [0.5, 0.6) is 0 Å². The third-order valence-electron chi connectivity index (χ3n) is 4.24. The van der Waals surface area contributed by atoms with E-state index in [1.54, 1.807) is 0 Å². The number of rotatable bonds is 2. The van der Waals surface area contributed by atoms with E-state index in [-0.39, 0.29) is 18.0 Å². The molecule has 1 atom stereocenters. The maximum Gasteiger partial charge on any atom is 0.319 e. The van der Waals surface area contributed by atoms with Gasteiger partial charge in [0.2, 0.25) is 5.91 Å². The van der Waals surface area contributed by atoms with Crippen molar-refractivity contribution in [1.29, 1.82) is 0 Å². The molecule has 1 aliphatic heterocycles. The Hall–Kier alpha value is -3.02. The Kier molecular flexibility index (Phi) is 3.57. The Labute approximate surface area is 138 Å². The quantitative estimate of drug-likeness (QED) is 0.678. The van der Waals surface area contributed by atoms with Crippen LogP contribution in [-0.4, -0.2) is 24.5 Å². The summed E-state index contributed by atoms with van der Waals surface area (Å²) in [7, 11) is 0. The number of piperidine rings is 1. The predicted octanol–water partition coefficient (Wildman–Crippen LogP) is 2.99. The molecule has 0 aliphatic carbocycles. The number of hydrogen-bond donors (Lipinski definition) is 3. The van der Waals surface area contributed by atoms with Crippen molar-refractivity contribution < 1.29 is 14.0 Å². The van der Waals surface area contributed by atoms with Crippen molar-refractivity contribution >= 4 is 39.6 Å². The van der Waals surface area contributed by atoms with Crippen molar-refractivity contribution in [3.05, 3.63) is 42.5 Å². The number of carbonyl (C=O) groups is 2. The number of anilines is 1. The fourth-order valence-electron chi connectivity index (χ4n) is 3.01. The predicted molar refractivity (Wildman–Crippen MR) is 91.9 cm³/mol. The van der Waals surface area contributed by atoms with Crippen LogP contribution in [0.15, 0.2) is 46.9 Å². The summed E-state index contributed by atoms with van der Waals surface area (Å²) in [6.45, 7) is 0.467. The van der Waals surface area contributed by atoms with Gasteiger partial charge < -0.3 is 20.4 Å². The minimum Gasteiger partial charge on any atom is -0.456 e. The van der Waals surface area contributed by atoms with E-state index in [4.69, 9.17) is 4.42 Å². The topological polar surface area (TPSA) is 83.4 Å². The van der Waals surface area contributed by atoms with Gasteiger partial charge >= 0.3 is 6.03 Å². The largest absolute Gasteiger partial charge is 0.456 e. The van der Waals surface area contributed by atoms with Gasteiger partial charge in [0.15, 0.2) is 0 Å². The van der Waals surface area contributed by atoms with Gasteiger partial charge in [-0.3, -0.25) is 4.79 Å². The van der Waals surface area contributed by atoms with Gasteiger partial charge in [0.1, 0.15) is 11.2 Å². The average molecular weight is 323 g/mol. The summed E-state index contributed by atoms with van der Waals surface area (Å²) in [4.78, 5) is 23.2. The Morgan fingerprint density at radius 3 is 2.79 bits per heavy atom. The zero-order valence-electron chi connectivity index (χ0n) is 13.0. The van der Waals surface area contributed by atoms with E-state index < -0.39 is 0 Å². The van der Waals surface area contributed by atoms with Crippen molar-refractivity contribution in [1.82, 2.24) is 10.6 Å². The van der Waals surface area contributed by atoms with E-state index in [0.29, 0.717) is 25.1 Å². The number of nitrogens with one attached hydrogen (secondary N) is 3. The first-order chi connectivity index (χ1) is 11.7. The molecule has 0 bridgehead atoms. The lowest BCUT2D eigenvalue weighted by Crippen LogP contribution is -2.48. The molecule has 3 amide bonds. The number of furan rings is 1. The Bertz CT molecular complexity index is 922. The van der Waals surface area contributed by atoms with Crippen LogP contribution in [-0.2, 0) is 4.79 Å². The maximum absolute atomic E-state index is 12.1. The summed E-state index contributed by atoms with van der Waals surface area (Å²) in [5, 5.41) is 10.5. The molecule has 6 heteroatoms. The molecule has 3 aromatic rings. The number of para-hydroxylation sites is 1. The van der Waals surface area contributed by atoms with Crippen LogP contribution < -0.4 is 16.0 Å². The molecule has 1 aromatic heterocycles. The van der Waals surface area contributed by atoms with Gasteiger partial charge in [0.05, 0.1) is 0 Å². The van der Waals surface area contributed by atoms with Crippen LogP contribution in [0.1, 0.15) is 12.8 Å². The molecule has 0 radical (unpaired) electrons. The molecule has 1 aliphatic rings. The maximum atomic E-state index is 12.1. The third-order valence-corrected chi connectivity index (χ3v) is 4.24. The zero-order chi connectivity index (χ0) is 16.5. The molecule has 0 unspecified atom stereocenters. The molecule has 122 valence electrons. The lowest BCUT2D eigenvalue weighted by Gasteiger charge is -2.23. The Morgan fingerprint density at radius 2 is 1.96 bits per heavy atom. The fraction of sp³-hybridized carbons (Fsp3) is 0.222. The highest BCUT2D eigenvalue weighted by Crippen LogP contribution is 2.30. The van der Waals surface area contributed by atoms with Crippen LogP contribution in [0.2, 0.25) is 0 Å². The summed E-state index contributed by atoms with van der Waals surface area (Å²) in [6.07, 6.45) is 1.09. The van der Waals surface area contributed by atoms with Crippen LogP contribution in [0.25, 0.3) is 21.9 Å². The molecule has 1 fully saturated rings. The number of carbonyl (C=O) groups excluding carboxylic acids is 2. The summed E-state index contributed by atoms with van der Waals surface area (Å²) in [5.74, 6) is 0.0313. The SMILES string of the molecule is O=C1CC[C@@H](NC(=O)Nc2ccc3c(c2)oc2ccccc23)CN1. The fourth-order valence-corrected chi connectivity index (χ4v) is 3.01. The van der Waals surface area contributed by atoms with Gasteiger partial charge in [-0.15, -0.1) is 0 Å². The highest BCUT2D eigenvalue weighted by atomic mass is 16.3. The van der Waals surface area contributed by atoms with Crippen molar-refractivity contribution in [2.45, 2.75) is 18.9 Å². The second-order valence-electron chi connectivity index (χ2n) is 5.95. The van der Waals surface area contributed by atoms with Crippen LogP contribution >= 0.6 is 0 Å². The van der Waals surface area contributed by atoms with Crippen molar-refractivity contribution in [2.24, 2.45) is 0 Å². The van der Waals surface area contributed by atoms with Crippen LogP contribution in [0.3, 0.4) is 0 Å². The van der Waals surface area contributed by atoms with E-state index in [1.165, 1.54) is 0 Å². The number of urea groups is 1. The van der Waals surface area contributed by atoms with E-state index >= 15 is 0 Å². The van der Waals surface area contributed by atoms with Gasteiger partial charge in [-0.2, -0.15) is 0 Å². The molecule has 6 nitrogen and oxygen atoms in total. The van der Waals surface area contributed by atoms with E-state index in [1.807, 2.05) is 42.5 Å². The zero-order valence-corrected chi connectivity index (χ0v) is 13.0. The molecule has 2 aromatic carbocycles. The summed E-state index contributed by atoms with van der Waals surface area (Å²) >= 11 is 0. The monoisotopic (exact) mass is 323 g/mol. The van der Waals surface area contributed by atoms with Gasteiger partial charge in [-0.05, 0) is 24.6 Å². The van der Waals surface area contributed by atoms with E-state index in [2.05, 4.69) is 16.0 Å². The third kappa shape index (κ3) is 2.78. The first kappa shape index (κ1) is 14.6. The average Bonchev–Trinajstić information content (AvgIpc) is 2.94. The van der Waals surface area contributed by atoms with Gasteiger partial charge in [-0.25, -0.2) is 4.79 Å². The van der Waals surface area contributed by atoms with Gasteiger partial charge in [0, 0.05) is 41.5 Å². The first-order valence-corrected chi connectivity index (χ1v) is 7.94. The molecule has 24 heavy (non-hydrogen) atoms. The molecule has 0 spiro atoms.